The molecule has 0 fully saturated rings. The topological polar surface area (TPSA) is 44.5 Å². The number of rotatable bonds is 0. The molecule has 0 bridgehead atoms. The number of azo groups is 2. The number of nitrogens with zero attached hydrogens (tertiary/aromatic N) is 2. The van der Waals surface area contributed by atoms with Crippen LogP contribution in [0.5, 0.6) is 0 Å². The molecule has 1 N–H and O–H groups in total. The van der Waals surface area contributed by atoms with Gasteiger partial charge in [0.2, 0.25) is 5.66 Å². The number of halogens is 1. The molecule has 0 aromatic carbocycles. The first-order valence-electron chi connectivity index (χ1n) is 4.07. The number of carbonyl (C=O) groups is 1. The van der Waals surface area contributed by atoms with Crippen LogP contribution in [0.3, 0.4) is 0 Å². The predicted octanol–water partition coefficient (Wildman–Crippen LogP) is -1.29. The van der Waals surface area contributed by atoms with Crippen LogP contribution in [-0.4, -0.2) is 21.9 Å². The summed E-state index contributed by atoms with van der Waals surface area (Å²) in [5, 5.41) is 7.02. The second-order valence-corrected chi connectivity index (χ2v) is 4.57. The van der Waals surface area contributed by atoms with Gasteiger partial charge in [0.1, 0.15) is 5.54 Å². The number of hydrogen-bond donors (Lipinski definition) is 1. The van der Waals surface area contributed by atoms with Gasteiger partial charge in [-0.25, -0.2) is 5.32 Å². The van der Waals surface area contributed by atoms with E-state index in [-0.39, 0.29) is 24.0 Å². The smallest absolute Gasteiger partial charge is 0.514 e. The minimum atomic E-state index is -0.454. The lowest BCUT2D eigenvalue weighted by atomic mass is 10.1. The van der Waals surface area contributed by atoms with Crippen molar-refractivity contribution in [1.29, 1.82) is 0 Å². The second-order valence-electron chi connectivity index (χ2n) is 4.57. The van der Waals surface area contributed by atoms with Gasteiger partial charge in [-0.2, -0.15) is 4.79 Å². The van der Waals surface area contributed by atoms with Crippen molar-refractivity contribution in [2.24, 2.45) is 5.11 Å². The highest BCUT2D eigenvalue weighted by Gasteiger charge is 2.44. The number of carbonyl (C=O) groups excluding carboxylic acids is 1. The van der Waals surface area contributed by atoms with E-state index >= 15 is 0 Å². The Hall–Kier alpha value is -0.640. The third-order valence-electron chi connectivity index (χ3n) is 1.59. The highest BCUT2D eigenvalue weighted by Crippen LogP contribution is 2.18. The zero-order valence-corrected chi connectivity index (χ0v) is 9.44. The largest absolute Gasteiger partial charge is 1.00 e. The number of urea groups is 1. The molecule has 0 radical (unpaired) electrons. The van der Waals surface area contributed by atoms with E-state index in [1.807, 2.05) is 34.6 Å². The fourth-order valence-electron chi connectivity index (χ4n) is 1.09. The van der Waals surface area contributed by atoms with Crippen LogP contribution in [0, 0.1) is 0 Å². The Morgan fingerprint density at radius 1 is 1.38 bits per heavy atom. The van der Waals surface area contributed by atoms with Gasteiger partial charge < -0.3 is 12.4 Å². The fraction of sp³-hybridized carbons (Fsp3) is 0.875. The third kappa shape index (κ3) is 2.66. The minimum absolute atomic E-state index is 0. The van der Waals surface area contributed by atoms with Crippen molar-refractivity contribution < 1.29 is 21.9 Å². The lowest BCUT2D eigenvalue weighted by Gasteiger charge is -2.12. The van der Waals surface area contributed by atoms with E-state index in [0.717, 1.165) is 0 Å². The van der Waals surface area contributed by atoms with E-state index in [1.54, 1.807) is 0 Å². The Balaban J connectivity index is 0.00000144. The summed E-state index contributed by atoms with van der Waals surface area (Å²) in [7, 11) is 0. The Morgan fingerprint density at radius 2 is 1.85 bits per heavy atom. The maximum absolute atomic E-state index is 11.4. The molecule has 0 saturated heterocycles. The summed E-state index contributed by atoms with van der Waals surface area (Å²) < 4.78 is 1.49. The van der Waals surface area contributed by atoms with Crippen LogP contribution in [0.25, 0.3) is 0 Å². The summed E-state index contributed by atoms with van der Waals surface area (Å²) in [5.74, 6) is 0. The van der Waals surface area contributed by atoms with Gasteiger partial charge >= 0.3 is 6.03 Å². The normalized spacial score (nSPS) is 20.4. The van der Waals surface area contributed by atoms with E-state index in [9.17, 15) is 4.79 Å². The van der Waals surface area contributed by atoms with E-state index in [2.05, 4.69) is 10.4 Å². The van der Waals surface area contributed by atoms with E-state index < -0.39 is 5.66 Å². The van der Waals surface area contributed by atoms with Crippen LogP contribution in [0.15, 0.2) is 5.11 Å². The minimum Gasteiger partial charge on any atom is -1.00 e. The molecule has 1 rings (SSSR count). The van der Waals surface area contributed by atoms with Gasteiger partial charge in [-0.1, -0.05) is 9.81 Å². The first kappa shape index (κ1) is 12.4. The number of hydrogen-bond acceptors (Lipinski definition) is 2. The molecule has 0 spiro atoms. The maximum atomic E-state index is 11.4. The summed E-state index contributed by atoms with van der Waals surface area (Å²) in [6.45, 7) is 9.61. The van der Waals surface area contributed by atoms with Crippen molar-refractivity contribution in [2.45, 2.75) is 45.8 Å². The van der Waals surface area contributed by atoms with Crippen LogP contribution in [-0.2, 0) is 0 Å². The Labute approximate surface area is 84.8 Å². The molecule has 0 atom stereocenters. The van der Waals surface area contributed by atoms with Crippen LogP contribution < -0.4 is 17.7 Å². The average Bonchev–Trinajstić information content (AvgIpc) is 2.03. The Kier molecular flexibility index (Phi) is 3.09. The second kappa shape index (κ2) is 3.25. The number of nitrogens with one attached hydrogen (secondary N) is 1. The summed E-state index contributed by atoms with van der Waals surface area (Å²) in [6.07, 6.45) is 0. The summed E-state index contributed by atoms with van der Waals surface area (Å²) >= 11 is 0. The molecule has 0 unspecified atom stereocenters. The van der Waals surface area contributed by atoms with E-state index in [4.69, 9.17) is 0 Å². The predicted molar refractivity (Wildman–Crippen MR) is 45.1 cm³/mol. The van der Waals surface area contributed by atoms with E-state index in [1.165, 1.54) is 4.70 Å². The molecule has 0 saturated carbocycles. The van der Waals surface area contributed by atoms with Gasteiger partial charge in [0.25, 0.3) is 0 Å². The molecule has 2 amide bonds. The van der Waals surface area contributed by atoms with Crippen molar-refractivity contribution in [1.82, 2.24) is 5.32 Å². The summed E-state index contributed by atoms with van der Waals surface area (Å²) in [4.78, 5) is 11.4. The quantitative estimate of drug-likeness (QED) is 0.492. The molecule has 0 aliphatic carbocycles. The van der Waals surface area contributed by atoms with Crippen LogP contribution in [0.2, 0.25) is 0 Å². The van der Waals surface area contributed by atoms with Gasteiger partial charge in [-0.05, 0) is 20.8 Å². The molecule has 4 nitrogen and oxygen atoms in total. The first-order valence-corrected chi connectivity index (χ1v) is 4.07. The molecule has 1 aliphatic rings. The van der Waals surface area contributed by atoms with Crippen molar-refractivity contribution in [3.63, 3.8) is 0 Å². The molecule has 13 heavy (non-hydrogen) atoms. The summed E-state index contributed by atoms with van der Waals surface area (Å²) in [6, 6.07) is -0.118. The first-order chi connectivity index (χ1) is 5.22. The van der Waals surface area contributed by atoms with Gasteiger partial charge in [-0.15, -0.1) is 0 Å². The molecule has 5 heteroatoms. The monoisotopic (exact) mass is 205 g/mol. The van der Waals surface area contributed by atoms with E-state index in [0.29, 0.717) is 0 Å². The molecular weight excluding hydrogens is 190 g/mol. The van der Waals surface area contributed by atoms with Crippen LogP contribution in [0.4, 0.5) is 4.79 Å². The van der Waals surface area contributed by atoms with Crippen molar-refractivity contribution in [3.8, 4) is 0 Å². The lowest BCUT2D eigenvalue weighted by Crippen LogP contribution is -3.00. The third-order valence-corrected chi connectivity index (χ3v) is 1.59. The fourth-order valence-corrected chi connectivity index (χ4v) is 1.09. The molecule has 1 heterocycles. The molecule has 0 aromatic heterocycles. The van der Waals surface area contributed by atoms with Gasteiger partial charge in [0, 0.05) is 13.8 Å². The van der Waals surface area contributed by atoms with Gasteiger partial charge in [0.05, 0.1) is 0 Å². The molecule has 76 valence electrons. The zero-order valence-electron chi connectivity index (χ0n) is 8.68. The van der Waals surface area contributed by atoms with Crippen molar-refractivity contribution in [2.75, 3.05) is 0 Å². The highest BCUT2D eigenvalue weighted by atomic mass is 35.5. The Bertz CT molecular complexity index is 253. The summed E-state index contributed by atoms with van der Waals surface area (Å²) in [5.41, 5.74) is -0.692. The molecule has 0 aromatic rings. The molecular formula is C8H16ClN3O. The van der Waals surface area contributed by atoms with Gasteiger partial charge in [-0.3, -0.25) is 0 Å². The average molecular weight is 206 g/mol. The van der Waals surface area contributed by atoms with Crippen molar-refractivity contribution in [3.05, 3.63) is 0 Å². The zero-order chi connectivity index (χ0) is 9.57. The lowest BCUT2D eigenvalue weighted by molar-refractivity contribution is -0.564. The van der Waals surface area contributed by atoms with Crippen molar-refractivity contribution >= 4 is 6.03 Å². The maximum Gasteiger partial charge on any atom is 0.514 e. The van der Waals surface area contributed by atoms with Crippen LogP contribution >= 0.6 is 0 Å². The Morgan fingerprint density at radius 3 is 2.00 bits per heavy atom. The molecule has 1 aliphatic heterocycles. The standard InChI is InChI=1S/C8H15N3O.ClH/c1-7(2,3)11-6(12)9-8(4,5)10-11;/h1-5H3;1H. The van der Waals surface area contributed by atoms with Gasteiger partial charge in [0.15, 0.2) is 0 Å². The number of amides is 2. The van der Waals surface area contributed by atoms with Crippen LogP contribution in [0.1, 0.15) is 34.6 Å². The highest BCUT2D eigenvalue weighted by molar-refractivity contribution is 5.67. The SMILES string of the molecule is CC1(C)N=[N+](C(C)(C)C)C(=O)N1.[Cl-].